The molecule has 2 amide bonds. The Balaban J connectivity index is 1.71. The van der Waals surface area contributed by atoms with Crippen LogP contribution in [0.5, 0.6) is 5.75 Å². The van der Waals surface area contributed by atoms with E-state index < -0.39 is 23.9 Å². The number of carbonyl (C=O) groups is 3. The summed E-state index contributed by atoms with van der Waals surface area (Å²) < 4.78 is 11.1. The van der Waals surface area contributed by atoms with Crippen LogP contribution in [0.4, 0.5) is 5.00 Å². The number of nitrogens with one attached hydrogen (secondary N) is 1. The monoisotopic (exact) mass is 388 g/mol. The number of esters is 1. The lowest BCUT2D eigenvalue weighted by Crippen LogP contribution is -2.30. The summed E-state index contributed by atoms with van der Waals surface area (Å²) in [5, 5.41) is 4.52. The minimum atomic E-state index is -1.06. The normalized spacial score (nSPS) is 18.9. The van der Waals surface area contributed by atoms with E-state index >= 15 is 0 Å². The van der Waals surface area contributed by atoms with Crippen molar-refractivity contribution in [2.75, 3.05) is 5.32 Å². The number of para-hydroxylation sites is 1. The molecule has 3 atom stereocenters. The van der Waals surface area contributed by atoms with Gasteiger partial charge in [0.05, 0.1) is 5.56 Å². The van der Waals surface area contributed by atoms with Gasteiger partial charge in [-0.1, -0.05) is 19.1 Å². The standard InChI is InChI=1S/C19H20N2O5S/c1-9-10(2)25-15-12(9)5-4-6-13(15)19(24)26-11(3)17(23)21-18-14(16(20)22)7-8-27-18/h4-11H,1-3H3,(H2,20,22)(H,21,23)/t9-,10-,11+/m1/s1. The van der Waals surface area contributed by atoms with Crippen LogP contribution in [0.1, 0.15) is 53.0 Å². The summed E-state index contributed by atoms with van der Waals surface area (Å²) in [4.78, 5) is 36.2. The molecule has 0 fully saturated rings. The summed E-state index contributed by atoms with van der Waals surface area (Å²) in [5.41, 5.74) is 6.70. The smallest absolute Gasteiger partial charge is 0.342 e. The van der Waals surface area contributed by atoms with E-state index in [1.807, 2.05) is 19.9 Å². The van der Waals surface area contributed by atoms with Gasteiger partial charge in [0.15, 0.2) is 6.10 Å². The number of nitrogens with two attached hydrogens (primary N) is 1. The Morgan fingerprint density at radius 2 is 1.96 bits per heavy atom. The molecule has 7 nitrogen and oxygen atoms in total. The molecule has 0 spiro atoms. The maximum Gasteiger partial charge on any atom is 0.342 e. The summed E-state index contributed by atoms with van der Waals surface area (Å²) in [6.07, 6.45) is -1.10. The van der Waals surface area contributed by atoms with Crippen LogP contribution < -0.4 is 15.8 Å². The average molecular weight is 388 g/mol. The van der Waals surface area contributed by atoms with Crippen molar-refractivity contribution in [3.63, 3.8) is 0 Å². The SMILES string of the molecule is C[C@H](OC(=O)c1cccc2c1O[C@H](C)[C@H]2C)C(=O)Nc1sccc1C(N)=O. The van der Waals surface area contributed by atoms with Gasteiger partial charge in [0.25, 0.3) is 11.8 Å². The van der Waals surface area contributed by atoms with Crippen molar-refractivity contribution < 1.29 is 23.9 Å². The lowest BCUT2D eigenvalue weighted by atomic mass is 9.97. The number of thiophene rings is 1. The molecule has 0 unspecified atom stereocenters. The number of ether oxygens (including phenoxy) is 2. The van der Waals surface area contributed by atoms with Gasteiger partial charge < -0.3 is 20.5 Å². The average Bonchev–Trinajstić information content (AvgIpc) is 3.19. The number of amides is 2. The lowest BCUT2D eigenvalue weighted by Gasteiger charge is -2.14. The fourth-order valence-corrected chi connectivity index (χ4v) is 3.63. The summed E-state index contributed by atoms with van der Waals surface area (Å²) in [7, 11) is 0. The van der Waals surface area contributed by atoms with Crippen molar-refractivity contribution >= 4 is 34.1 Å². The van der Waals surface area contributed by atoms with Gasteiger partial charge in [-0.25, -0.2) is 4.79 Å². The maximum atomic E-state index is 12.6. The van der Waals surface area contributed by atoms with E-state index in [9.17, 15) is 14.4 Å². The summed E-state index contributed by atoms with van der Waals surface area (Å²) in [6, 6.07) is 6.81. The van der Waals surface area contributed by atoms with Gasteiger partial charge >= 0.3 is 5.97 Å². The molecule has 0 aliphatic carbocycles. The Bertz CT molecular complexity index is 907. The second-order valence-corrected chi connectivity index (χ2v) is 7.32. The van der Waals surface area contributed by atoms with Crippen molar-refractivity contribution in [3.05, 3.63) is 46.3 Å². The van der Waals surface area contributed by atoms with Crippen LogP contribution >= 0.6 is 11.3 Å². The van der Waals surface area contributed by atoms with Gasteiger partial charge in [-0.3, -0.25) is 9.59 Å². The van der Waals surface area contributed by atoms with Crippen molar-refractivity contribution in [3.8, 4) is 5.75 Å². The van der Waals surface area contributed by atoms with Crippen molar-refractivity contribution in [2.24, 2.45) is 5.73 Å². The van der Waals surface area contributed by atoms with Crippen molar-refractivity contribution in [1.82, 2.24) is 0 Å². The Hall–Kier alpha value is -2.87. The zero-order chi connectivity index (χ0) is 19.7. The second kappa shape index (κ2) is 7.40. The van der Waals surface area contributed by atoms with E-state index in [1.165, 1.54) is 13.0 Å². The Labute approximate surface area is 160 Å². The van der Waals surface area contributed by atoms with Gasteiger partial charge in [0, 0.05) is 11.5 Å². The molecule has 2 aromatic rings. The number of carbonyl (C=O) groups excluding carboxylic acids is 3. The number of anilines is 1. The van der Waals surface area contributed by atoms with Gasteiger partial charge in [-0.15, -0.1) is 11.3 Å². The molecular formula is C19H20N2O5S. The van der Waals surface area contributed by atoms with E-state index in [-0.39, 0.29) is 23.1 Å². The minimum Gasteiger partial charge on any atom is -0.489 e. The first-order valence-corrected chi connectivity index (χ1v) is 9.36. The Morgan fingerprint density at radius 1 is 1.22 bits per heavy atom. The quantitative estimate of drug-likeness (QED) is 0.766. The number of rotatable bonds is 5. The molecule has 142 valence electrons. The highest BCUT2D eigenvalue weighted by atomic mass is 32.1. The Kier molecular flexibility index (Phi) is 5.18. The number of primary amides is 1. The molecule has 3 rings (SSSR count). The summed E-state index contributed by atoms with van der Waals surface area (Å²) in [5.74, 6) is -1.17. The van der Waals surface area contributed by atoms with E-state index in [1.54, 1.807) is 17.5 Å². The topological polar surface area (TPSA) is 108 Å². The number of benzene rings is 1. The maximum absolute atomic E-state index is 12.6. The van der Waals surface area contributed by atoms with E-state index in [4.69, 9.17) is 15.2 Å². The summed E-state index contributed by atoms with van der Waals surface area (Å²) >= 11 is 1.16. The first kappa shape index (κ1) is 18.9. The number of hydrogen-bond donors (Lipinski definition) is 2. The highest BCUT2D eigenvalue weighted by molar-refractivity contribution is 7.14. The van der Waals surface area contributed by atoms with E-state index in [2.05, 4.69) is 5.32 Å². The van der Waals surface area contributed by atoms with Gasteiger partial charge in [-0.05, 0) is 31.4 Å². The lowest BCUT2D eigenvalue weighted by molar-refractivity contribution is -0.123. The first-order chi connectivity index (χ1) is 12.8. The zero-order valence-electron chi connectivity index (χ0n) is 15.1. The largest absolute Gasteiger partial charge is 0.489 e. The molecule has 2 heterocycles. The highest BCUT2D eigenvalue weighted by Crippen LogP contribution is 2.40. The van der Waals surface area contributed by atoms with Crippen LogP contribution in [0.15, 0.2) is 29.6 Å². The van der Waals surface area contributed by atoms with Crippen LogP contribution in [0, 0.1) is 0 Å². The predicted octanol–water partition coefficient (Wildman–Crippen LogP) is 2.92. The molecule has 27 heavy (non-hydrogen) atoms. The Morgan fingerprint density at radius 3 is 2.67 bits per heavy atom. The van der Waals surface area contributed by atoms with Crippen molar-refractivity contribution in [1.29, 1.82) is 0 Å². The first-order valence-electron chi connectivity index (χ1n) is 8.48. The molecule has 0 saturated heterocycles. The molecule has 1 aromatic heterocycles. The van der Waals surface area contributed by atoms with Gasteiger partial charge in [0.1, 0.15) is 22.4 Å². The third-order valence-corrected chi connectivity index (χ3v) is 5.41. The van der Waals surface area contributed by atoms with Crippen LogP contribution in [-0.2, 0) is 9.53 Å². The van der Waals surface area contributed by atoms with Crippen molar-refractivity contribution in [2.45, 2.75) is 38.9 Å². The van der Waals surface area contributed by atoms with Crippen LogP contribution in [0.25, 0.3) is 0 Å². The molecule has 1 aliphatic heterocycles. The molecule has 0 radical (unpaired) electrons. The minimum absolute atomic E-state index is 0.0410. The number of hydrogen-bond acceptors (Lipinski definition) is 6. The third kappa shape index (κ3) is 3.66. The zero-order valence-corrected chi connectivity index (χ0v) is 16.0. The van der Waals surface area contributed by atoms with Crippen LogP contribution in [-0.4, -0.2) is 30.0 Å². The number of fused-ring (bicyclic) bond motifs is 1. The molecule has 3 N–H and O–H groups in total. The van der Waals surface area contributed by atoms with E-state index in [0.717, 1.165) is 16.9 Å². The fraction of sp³-hybridized carbons (Fsp3) is 0.316. The molecule has 0 bridgehead atoms. The molecular weight excluding hydrogens is 368 g/mol. The molecule has 1 aromatic carbocycles. The third-order valence-electron chi connectivity index (χ3n) is 4.58. The van der Waals surface area contributed by atoms with Gasteiger partial charge in [0.2, 0.25) is 0 Å². The van der Waals surface area contributed by atoms with Crippen LogP contribution in [0.3, 0.4) is 0 Å². The highest BCUT2D eigenvalue weighted by Gasteiger charge is 2.32. The fourth-order valence-electron chi connectivity index (χ4n) is 2.84. The predicted molar refractivity (Wildman–Crippen MR) is 101 cm³/mol. The molecule has 8 heteroatoms. The molecule has 1 aliphatic rings. The molecule has 0 saturated carbocycles. The van der Waals surface area contributed by atoms with Gasteiger partial charge in [-0.2, -0.15) is 0 Å². The van der Waals surface area contributed by atoms with E-state index in [0.29, 0.717) is 10.8 Å². The second-order valence-electron chi connectivity index (χ2n) is 6.40. The van der Waals surface area contributed by atoms with Crippen LogP contribution in [0.2, 0.25) is 0 Å². The summed E-state index contributed by atoms with van der Waals surface area (Å²) in [6.45, 7) is 5.42.